The van der Waals surface area contributed by atoms with Crippen molar-refractivity contribution in [3.63, 3.8) is 0 Å². The number of nitrogens with zero attached hydrogens (tertiary/aromatic N) is 1. The number of ketones is 1. The number of ether oxygens (including phenoxy) is 1. The molecule has 130 valence electrons. The van der Waals surface area contributed by atoms with E-state index in [1.165, 1.54) is 12.1 Å². The molecule has 1 amide bonds. The van der Waals surface area contributed by atoms with Crippen LogP contribution in [0, 0.1) is 17.0 Å². The van der Waals surface area contributed by atoms with Gasteiger partial charge in [0.05, 0.1) is 4.92 Å². The molecule has 0 heterocycles. The van der Waals surface area contributed by atoms with E-state index in [9.17, 15) is 19.7 Å². The molecule has 0 radical (unpaired) electrons. The number of nitrogens with one attached hydrogen (secondary N) is 1. The summed E-state index contributed by atoms with van der Waals surface area (Å²) in [6.07, 6.45) is 0.365. The fraction of sp³-hybridized carbons (Fsp3) is 0.222. The molecule has 0 unspecified atom stereocenters. The lowest BCUT2D eigenvalue weighted by Gasteiger charge is -2.08. The summed E-state index contributed by atoms with van der Waals surface area (Å²) in [5.74, 6) is -0.381. The van der Waals surface area contributed by atoms with Gasteiger partial charge in [0.25, 0.3) is 0 Å². The van der Waals surface area contributed by atoms with E-state index in [1.807, 2.05) is 0 Å². The normalized spacial score (nSPS) is 10.2. The largest absolute Gasteiger partial charge is 0.478 e. The van der Waals surface area contributed by atoms with Crippen LogP contribution in [0.4, 0.5) is 11.4 Å². The first-order valence-corrected chi connectivity index (χ1v) is 7.71. The molecule has 7 nitrogen and oxygen atoms in total. The minimum absolute atomic E-state index is 0.0516. The van der Waals surface area contributed by atoms with Crippen molar-refractivity contribution in [3.05, 3.63) is 63.7 Å². The topological polar surface area (TPSA) is 98.5 Å². The molecule has 0 bridgehead atoms. The lowest BCUT2D eigenvalue weighted by Crippen LogP contribution is -2.13. The molecule has 0 saturated carbocycles. The summed E-state index contributed by atoms with van der Waals surface area (Å²) in [5.41, 5.74) is 1.54. The van der Waals surface area contributed by atoms with Gasteiger partial charge in [-0.15, -0.1) is 0 Å². The van der Waals surface area contributed by atoms with Crippen LogP contribution in [0.2, 0.25) is 0 Å². The molecule has 0 atom stereocenters. The van der Waals surface area contributed by atoms with Gasteiger partial charge in [0.15, 0.2) is 18.1 Å². The van der Waals surface area contributed by atoms with E-state index in [-0.39, 0.29) is 29.7 Å². The Morgan fingerprint density at radius 1 is 1.16 bits per heavy atom. The summed E-state index contributed by atoms with van der Waals surface area (Å²) < 4.78 is 5.32. The first-order valence-electron chi connectivity index (χ1n) is 7.71. The molecule has 0 aliphatic rings. The van der Waals surface area contributed by atoms with Gasteiger partial charge in [-0.3, -0.25) is 19.7 Å². The average molecular weight is 342 g/mol. The maximum atomic E-state index is 12.2. The van der Waals surface area contributed by atoms with Crippen LogP contribution in [0.5, 0.6) is 5.75 Å². The van der Waals surface area contributed by atoms with Gasteiger partial charge in [0.1, 0.15) is 0 Å². The number of amides is 1. The van der Waals surface area contributed by atoms with E-state index in [1.54, 1.807) is 44.2 Å². The van der Waals surface area contributed by atoms with Crippen molar-refractivity contribution in [3.8, 4) is 5.75 Å². The smallest absolute Gasteiger partial charge is 0.311 e. The Bertz CT molecular complexity index is 800. The minimum Gasteiger partial charge on any atom is -0.478 e. The molecule has 2 rings (SSSR count). The Morgan fingerprint density at radius 2 is 1.84 bits per heavy atom. The summed E-state index contributed by atoms with van der Waals surface area (Å²) in [6, 6.07) is 10.9. The molecule has 0 aliphatic carbocycles. The molecule has 0 fully saturated rings. The van der Waals surface area contributed by atoms with Crippen LogP contribution in [-0.2, 0) is 4.79 Å². The van der Waals surface area contributed by atoms with E-state index in [0.29, 0.717) is 17.7 Å². The second kappa shape index (κ2) is 8.05. The van der Waals surface area contributed by atoms with Crippen molar-refractivity contribution in [1.82, 2.24) is 0 Å². The number of hydrogen-bond donors (Lipinski definition) is 1. The predicted molar refractivity (Wildman–Crippen MR) is 93.0 cm³/mol. The Labute approximate surface area is 144 Å². The van der Waals surface area contributed by atoms with E-state index in [2.05, 4.69) is 5.32 Å². The Balaban J connectivity index is 2.03. The van der Waals surface area contributed by atoms with Gasteiger partial charge >= 0.3 is 5.69 Å². The highest BCUT2D eigenvalue weighted by atomic mass is 16.6. The van der Waals surface area contributed by atoms with Gasteiger partial charge < -0.3 is 10.1 Å². The highest BCUT2D eigenvalue weighted by Gasteiger charge is 2.16. The number of aryl methyl sites for hydroxylation is 1. The van der Waals surface area contributed by atoms with Crippen LogP contribution in [0.15, 0.2) is 42.5 Å². The summed E-state index contributed by atoms with van der Waals surface area (Å²) in [5, 5.41) is 13.7. The van der Waals surface area contributed by atoms with Crippen molar-refractivity contribution in [2.75, 3.05) is 11.9 Å². The Morgan fingerprint density at radius 3 is 2.44 bits per heavy atom. The summed E-state index contributed by atoms with van der Waals surface area (Å²) in [7, 11) is 0. The fourth-order valence-corrected chi connectivity index (χ4v) is 2.11. The predicted octanol–water partition coefficient (Wildman–Crippen LogP) is 3.51. The molecule has 1 N–H and O–H groups in total. The fourth-order valence-electron chi connectivity index (χ4n) is 2.11. The number of hydrogen-bond acceptors (Lipinski definition) is 5. The molecule has 0 aliphatic heterocycles. The van der Waals surface area contributed by atoms with Gasteiger partial charge in [-0.05, 0) is 42.8 Å². The van der Waals surface area contributed by atoms with E-state index < -0.39 is 4.92 Å². The molecular weight excluding hydrogens is 324 g/mol. The third-order valence-corrected chi connectivity index (χ3v) is 3.48. The van der Waals surface area contributed by atoms with Crippen molar-refractivity contribution in [1.29, 1.82) is 0 Å². The number of carbonyl (C=O) groups is 2. The highest BCUT2D eigenvalue weighted by Crippen LogP contribution is 2.27. The minimum atomic E-state index is -0.544. The van der Waals surface area contributed by atoms with Crippen LogP contribution in [0.1, 0.15) is 29.3 Å². The maximum Gasteiger partial charge on any atom is 0.311 e. The van der Waals surface area contributed by atoms with E-state index in [0.717, 1.165) is 5.56 Å². The third-order valence-electron chi connectivity index (χ3n) is 3.48. The zero-order chi connectivity index (χ0) is 18.4. The van der Waals surface area contributed by atoms with Crippen molar-refractivity contribution >= 4 is 23.1 Å². The standard InChI is InChI=1S/C18H18N2O5/c1-3-18(22)19-14-7-5-13(6-8-14)16(21)11-25-17-9-4-12(2)10-15(17)20(23)24/h4-10H,3,11H2,1-2H3,(H,19,22). The van der Waals surface area contributed by atoms with Crippen molar-refractivity contribution in [2.45, 2.75) is 20.3 Å². The SMILES string of the molecule is CCC(=O)Nc1ccc(C(=O)COc2ccc(C)cc2[N+](=O)[O-])cc1. The molecule has 0 spiro atoms. The molecular formula is C18H18N2O5. The number of nitro groups is 1. The average Bonchev–Trinajstić information content (AvgIpc) is 2.60. The molecule has 0 saturated heterocycles. The van der Waals surface area contributed by atoms with Crippen LogP contribution in [-0.4, -0.2) is 23.2 Å². The Hall–Kier alpha value is -3.22. The van der Waals surface area contributed by atoms with Gasteiger partial charge in [-0.1, -0.05) is 13.0 Å². The lowest BCUT2D eigenvalue weighted by atomic mass is 10.1. The van der Waals surface area contributed by atoms with Crippen LogP contribution < -0.4 is 10.1 Å². The second-order valence-electron chi connectivity index (χ2n) is 5.42. The molecule has 0 aromatic heterocycles. The number of carbonyl (C=O) groups excluding carboxylic acids is 2. The zero-order valence-corrected chi connectivity index (χ0v) is 13.9. The number of benzene rings is 2. The number of rotatable bonds is 7. The zero-order valence-electron chi connectivity index (χ0n) is 13.9. The highest BCUT2D eigenvalue weighted by molar-refractivity contribution is 5.98. The van der Waals surface area contributed by atoms with Crippen LogP contribution in [0.3, 0.4) is 0 Å². The molecule has 2 aromatic carbocycles. The van der Waals surface area contributed by atoms with Crippen molar-refractivity contribution in [2.24, 2.45) is 0 Å². The van der Waals surface area contributed by atoms with Gasteiger partial charge in [0, 0.05) is 23.7 Å². The number of anilines is 1. The summed E-state index contributed by atoms with van der Waals surface area (Å²) >= 11 is 0. The first kappa shape index (κ1) is 18.1. The molecule has 25 heavy (non-hydrogen) atoms. The monoisotopic (exact) mass is 342 g/mol. The first-order chi connectivity index (χ1) is 11.9. The number of nitro benzene ring substituents is 1. The summed E-state index contributed by atoms with van der Waals surface area (Å²) in [4.78, 5) is 34.0. The van der Waals surface area contributed by atoms with Crippen LogP contribution >= 0.6 is 0 Å². The lowest BCUT2D eigenvalue weighted by molar-refractivity contribution is -0.385. The third kappa shape index (κ3) is 4.87. The maximum absolute atomic E-state index is 12.2. The second-order valence-corrected chi connectivity index (χ2v) is 5.42. The van der Waals surface area contributed by atoms with Crippen LogP contribution in [0.25, 0.3) is 0 Å². The quantitative estimate of drug-likeness (QED) is 0.471. The van der Waals surface area contributed by atoms with Gasteiger partial charge in [-0.2, -0.15) is 0 Å². The summed E-state index contributed by atoms with van der Waals surface area (Å²) in [6.45, 7) is 3.17. The van der Waals surface area contributed by atoms with Crippen molar-refractivity contribution < 1.29 is 19.2 Å². The Kier molecular flexibility index (Phi) is 5.84. The molecule has 2 aromatic rings. The van der Waals surface area contributed by atoms with Gasteiger partial charge in [-0.25, -0.2) is 0 Å². The molecule has 7 heteroatoms. The van der Waals surface area contributed by atoms with E-state index >= 15 is 0 Å². The number of Topliss-reactive ketones (excluding diaryl/α,β-unsaturated/α-hetero) is 1. The van der Waals surface area contributed by atoms with E-state index in [4.69, 9.17) is 4.74 Å². The van der Waals surface area contributed by atoms with Gasteiger partial charge in [0.2, 0.25) is 5.91 Å².